The molecule has 1 unspecified atom stereocenters. The average molecular weight is 264 g/mol. The van der Waals surface area contributed by atoms with Crippen molar-refractivity contribution in [1.82, 2.24) is 5.32 Å². The SMILES string of the molecule is CCC(O)C(=O)NCC(C)(C)N.O=C(O)C(=O)O. The van der Waals surface area contributed by atoms with Crippen molar-refractivity contribution in [3.63, 3.8) is 0 Å². The summed E-state index contributed by atoms with van der Waals surface area (Å²) in [5.74, 6) is -4.00. The van der Waals surface area contributed by atoms with E-state index < -0.39 is 23.6 Å². The van der Waals surface area contributed by atoms with Crippen LogP contribution in [0.25, 0.3) is 0 Å². The van der Waals surface area contributed by atoms with Gasteiger partial charge in [-0.3, -0.25) is 4.79 Å². The number of aliphatic hydroxyl groups excluding tert-OH is 1. The molecule has 18 heavy (non-hydrogen) atoms. The van der Waals surface area contributed by atoms with Crippen molar-refractivity contribution in [3.05, 3.63) is 0 Å². The lowest BCUT2D eigenvalue weighted by molar-refractivity contribution is -0.159. The molecule has 0 radical (unpaired) electrons. The van der Waals surface area contributed by atoms with Gasteiger partial charge >= 0.3 is 11.9 Å². The van der Waals surface area contributed by atoms with Gasteiger partial charge in [-0.05, 0) is 20.3 Å². The minimum Gasteiger partial charge on any atom is -0.473 e. The zero-order valence-electron chi connectivity index (χ0n) is 10.6. The van der Waals surface area contributed by atoms with Crippen LogP contribution in [0, 0.1) is 0 Å². The molecule has 0 bridgehead atoms. The van der Waals surface area contributed by atoms with Gasteiger partial charge in [-0.15, -0.1) is 0 Å². The molecule has 0 aliphatic carbocycles. The number of hydrogen-bond donors (Lipinski definition) is 5. The van der Waals surface area contributed by atoms with Crippen molar-refractivity contribution in [2.24, 2.45) is 5.73 Å². The Kier molecular flexibility index (Phi) is 8.75. The number of aliphatic carboxylic acids is 2. The molecule has 8 heteroatoms. The molecule has 106 valence electrons. The van der Waals surface area contributed by atoms with E-state index in [4.69, 9.17) is 30.6 Å². The van der Waals surface area contributed by atoms with Crippen molar-refractivity contribution < 1.29 is 29.7 Å². The minimum absolute atomic E-state index is 0.351. The summed E-state index contributed by atoms with van der Waals surface area (Å²) in [5.41, 5.74) is 5.20. The van der Waals surface area contributed by atoms with Gasteiger partial charge in [-0.1, -0.05) is 6.92 Å². The van der Waals surface area contributed by atoms with E-state index in [0.717, 1.165) is 0 Å². The lowest BCUT2D eigenvalue weighted by Gasteiger charge is -2.19. The van der Waals surface area contributed by atoms with E-state index in [0.29, 0.717) is 13.0 Å². The standard InChI is InChI=1S/C8H18N2O2.C2H2O4/c1-4-6(11)7(12)10-5-8(2,3)9;3-1(4)2(5)6/h6,11H,4-5,9H2,1-3H3,(H,10,12);(H,3,4)(H,5,6). The van der Waals surface area contributed by atoms with E-state index in [9.17, 15) is 4.79 Å². The Bertz CT molecular complexity index is 285. The molecule has 1 atom stereocenters. The summed E-state index contributed by atoms with van der Waals surface area (Å²) >= 11 is 0. The second-order valence-corrected chi connectivity index (χ2v) is 4.24. The number of carboxylic acid groups (broad SMARTS) is 2. The third-order valence-electron chi connectivity index (χ3n) is 1.59. The van der Waals surface area contributed by atoms with Gasteiger partial charge in [0.25, 0.3) is 0 Å². The predicted molar refractivity (Wildman–Crippen MR) is 62.8 cm³/mol. The largest absolute Gasteiger partial charge is 0.473 e. The van der Waals surface area contributed by atoms with Crippen molar-refractivity contribution in [3.8, 4) is 0 Å². The Morgan fingerprint density at radius 1 is 1.22 bits per heavy atom. The third kappa shape index (κ3) is 12.4. The molecule has 0 aliphatic heterocycles. The highest BCUT2D eigenvalue weighted by molar-refractivity contribution is 6.27. The smallest absolute Gasteiger partial charge is 0.414 e. The molecule has 0 fully saturated rings. The Hall–Kier alpha value is -1.67. The highest BCUT2D eigenvalue weighted by atomic mass is 16.4. The lowest BCUT2D eigenvalue weighted by atomic mass is 10.1. The molecule has 0 aromatic heterocycles. The number of hydrogen-bond acceptors (Lipinski definition) is 5. The Morgan fingerprint density at radius 3 is 1.83 bits per heavy atom. The highest BCUT2D eigenvalue weighted by Gasteiger charge is 2.16. The van der Waals surface area contributed by atoms with E-state index in [2.05, 4.69) is 5.32 Å². The van der Waals surface area contributed by atoms with Crippen LogP contribution in [-0.2, 0) is 14.4 Å². The van der Waals surface area contributed by atoms with Crippen LogP contribution in [0.15, 0.2) is 0 Å². The van der Waals surface area contributed by atoms with E-state index in [1.807, 2.05) is 13.8 Å². The number of carbonyl (C=O) groups excluding carboxylic acids is 1. The fraction of sp³-hybridized carbons (Fsp3) is 0.700. The maximum absolute atomic E-state index is 11.0. The molecule has 0 spiro atoms. The Labute approximate surface area is 105 Å². The van der Waals surface area contributed by atoms with Crippen molar-refractivity contribution in [1.29, 1.82) is 0 Å². The number of carboxylic acids is 2. The van der Waals surface area contributed by atoms with Crippen LogP contribution in [0.2, 0.25) is 0 Å². The van der Waals surface area contributed by atoms with Gasteiger partial charge in [0.1, 0.15) is 6.10 Å². The number of nitrogens with one attached hydrogen (secondary N) is 1. The third-order valence-corrected chi connectivity index (χ3v) is 1.59. The molecule has 6 N–H and O–H groups in total. The van der Waals surface area contributed by atoms with Crippen LogP contribution in [0.5, 0.6) is 0 Å². The Balaban J connectivity index is 0. The first-order valence-electron chi connectivity index (χ1n) is 5.22. The van der Waals surface area contributed by atoms with Crippen LogP contribution >= 0.6 is 0 Å². The maximum atomic E-state index is 11.0. The van der Waals surface area contributed by atoms with E-state index in [1.54, 1.807) is 6.92 Å². The second-order valence-electron chi connectivity index (χ2n) is 4.24. The van der Waals surface area contributed by atoms with Gasteiger partial charge in [0.15, 0.2) is 0 Å². The van der Waals surface area contributed by atoms with Gasteiger partial charge in [-0.2, -0.15) is 0 Å². The predicted octanol–water partition coefficient (Wildman–Crippen LogP) is -1.23. The Morgan fingerprint density at radius 2 is 1.61 bits per heavy atom. The van der Waals surface area contributed by atoms with Crippen LogP contribution in [-0.4, -0.2) is 51.4 Å². The molecule has 8 nitrogen and oxygen atoms in total. The number of aliphatic hydroxyl groups is 1. The molecule has 0 heterocycles. The summed E-state index contributed by atoms with van der Waals surface area (Å²) in [5, 5.41) is 26.4. The first kappa shape index (κ1) is 18.7. The van der Waals surface area contributed by atoms with Crippen molar-refractivity contribution in [2.45, 2.75) is 38.8 Å². The highest BCUT2D eigenvalue weighted by Crippen LogP contribution is 1.94. The normalized spacial score (nSPS) is 11.8. The van der Waals surface area contributed by atoms with E-state index in [1.165, 1.54) is 0 Å². The van der Waals surface area contributed by atoms with Crippen LogP contribution in [0.4, 0.5) is 0 Å². The van der Waals surface area contributed by atoms with Gasteiger partial charge in [0.2, 0.25) is 5.91 Å². The summed E-state index contributed by atoms with van der Waals surface area (Å²) in [4.78, 5) is 29.2. The molecule has 0 aromatic carbocycles. The lowest BCUT2D eigenvalue weighted by Crippen LogP contribution is -2.47. The average Bonchev–Trinajstić information content (AvgIpc) is 2.24. The monoisotopic (exact) mass is 264 g/mol. The number of rotatable bonds is 4. The molecule has 1 amide bonds. The molecular formula is C10H20N2O6. The van der Waals surface area contributed by atoms with Crippen LogP contribution in [0.3, 0.4) is 0 Å². The topological polar surface area (TPSA) is 150 Å². The van der Waals surface area contributed by atoms with E-state index in [-0.39, 0.29) is 5.91 Å². The summed E-state index contributed by atoms with van der Waals surface area (Å²) in [6.45, 7) is 5.75. The molecule has 0 aliphatic rings. The quantitative estimate of drug-likeness (QED) is 0.399. The van der Waals surface area contributed by atoms with Gasteiger partial charge in [0.05, 0.1) is 0 Å². The fourth-order valence-electron chi connectivity index (χ4n) is 0.618. The molecular weight excluding hydrogens is 244 g/mol. The van der Waals surface area contributed by atoms with Gasteiger partial charge in [-0.25, -0.2) is 9.59 Å². The number of nitrogens with two attached hydrogens (primary N) is 1. The minimum atomic E-state index is -1.82. The van der Waals surface area contributed by atoms with Crippen LogP contribution in [0.1, 0.15) is 27.2 Å². The summed E-state index contributed by atoms with van der Waals surface area (Å²) in [7, 11) is 0. The zero-order valence-corrected chi connectivity index (χ0v) is 10.6. The van der Waals surface area contributed by atoms with Crippen molar-refractivity contribution in [2.75, 3.05) is 6.54 Å². The molecule has 0 saturated heterocycles. The first-order chi connectivity index (χ1) is 8.01. The number of amides is 1. The van der Waals surface area contributed by atoms with E-state index >= 15 is 0 Å². The van der Waals surface area contributed by atoms with Crippen molar-refractivity contribution >= 4 is 17.8 Å². The van der Waals surface area contributed by atoms with Gasteiger partial charge < -0.3 is 26.4 Å². The maximum Gasteiger partial charge on any atom is 0.414 e. The van der Waals surface area contributed by atoms with Crippen LogP contribution < -0.4 is 11.1 Å². The zero-order chi connectivity index (χ0) is 14.9. The van der Waals surface area contributed by atoms with Gasteiger partial charge in [0, 0.05) is 12.1 Å². The second kappa shape index (κ2) is 8.43. The summed E-state index contributed by atoms with van der Waals surface area (Å²) in [6.07, 6.45) is -0.482. The molecule has 0 aromatic rings. The molecule has 0 saturated carbocycles. The molecule has 0 rings (SSSR count). The number of carbonyl (C=O) groups is 3. The first-order valence-corrected chi connectivity index (χ1v) is 5.22. The fourth-order valence-corrected chi connectivity index (χ4v) is 0.618. The summed E-state index contributed by atoms with van der Waals surface area (Å²) in [6, 6.07) is 0. The summed E-state index contributed by atoms with van der Waals surface area (Å²) < 4.78 is 0.